The molecular weight excluding hydrogens is 122 g/mol. The van der Waals surface area contributed by atoms with Gasteiger partial charge in [-0.05, 0) is 26.1 Å². The first-order chi connectivity index (χ1) is 3.55. The molecule has 0 saturated heterocycles. The van der Waals surface area contributed by atoms with Crippen LogP contribution in [0.3, 0.4) is 0 Å². The second-order valence-corrected chi connectivity index (χ2v) is 2.26. The topological polar surface area (TPSA) is 55.3 Å². The maximum atomic E-state index is 5.33. The number of hydrogen-bond acceptors (Lipinski definition) is 2. The van der Waals surface area contributed by atoms with Crippen molar-refractivity contribution in [2.45, 2.75) is 19.9 Å². The molecule has 0 heterocycles. The largest absolute Gasteiger partial charge is 0.375 e. The fourth-order valence-electron chi connectivity index (χ4n) is 0.254. The molecule has 0 spiro atoms. The van der Waals surface area contributed by atoms with E-state index in [9.17, 15) is 0 Å². The third kappa shape index (κ3) is 2.09. The third-order valence-corrected chi connectivity index (χ3v) is 1.02. The van der Waals surface area contributed by atoms with Crippen LogP contribution in [0.2, 0.25) is 0 Å². The lowest BCUT2D eigenvalue weighted by Crippen LogP contribution is -2.45. The number of hydrogen-bond donors (Lipinski definition) is 2. The van der Waals surface area contributed by atoms with Crippen LogP contribution < -0.4 is 11.6 Å². The van der Waals surface area contributed by atoms with Crippen molar-refractivity contribution in [3.05, 3.63) is 0 Å². The van der Waals surface area contributed by atoms with Gasteiger partial charge in [-0.15, -0.1) is 0 Å². The summed E-state index contributed by atoms with van der Waals surface area (Å²) >= 11 is 4.57. The standard InChI is InChI=1S/C4H11N3S/c1-3(2)7(6)4(5)8/h3H,6H2,1-2H3,(H2,5,8). The molecule has 3 nitrogen and oxygen atoms in total. The summed E-state index contributed by atoms with van der Waals surface area (Å²) in [6.07, 6.45) is 0. The quantitative estimate of drug-likeness (QED) is 0.296. The normalized spacial score (nSPS) is 9.50. The van der Waals surface area contributed by atoms with Crippen LogP contribution in [0.25, 0.3) is 0 Å². The maximum absolute atomic E-state index is 5.33. The van der Waals surface area contributed by atoms with E-state index in [0.29, 0.717) is 0 Å². The van der Waals surface area contributed by atoms with E-state index < -0.39 is 0 Å². The molecule has 0 amide bonds. The predicted molar refractivity (Wildman–Crippen MR) is 37.9 cm³/mol. The molecule has 0 bridgehead atoms. The lowest BCUT2D eigenvalue weighted by molar-refractivity contribution is 0.366. The Morgan fingerprint density at radius 2 is 2.00 bits per heavy atom. The minimum atomic E-state index is 0.188. The van der Waals surface area contributed by atoms with E-state index in [-0.39, 0.29) is 11.2 Å². The Morgan fingerprint density at radius 1 is 1.62 bits per heavy atom. The van der Waals surface area contributed by atoms with Crippen molar-refractivity contribution < 1.29 is 0 Å². The van der Waals surface area contributed by atoms with Gasteiger partial charge in [0.15, 0.2) is 5.11 Å². The van der Waals surface area contributed by atoms with E-state index in [4.69, 9.17) is 11.6 Å². The summed E-state index contributed by atoms with van der Waals surface area (Å²) in [6, 6.07) is 0.188. The average molecular weight is 133 g/mol. The van der Waals surface area contributed by atoms with E-state index in [1.807, 2.05) is 13.8 Å². The van der Waals surface area contributed by atoms with Crippen molar-refractivity contribution >= 4 is 17.3 Å². The highest BCUT2D eigenvalue weighted by atomic mass is 32.1. The molecule has 0 fully saturated rings. The summed E-state index contributed by atoms with van der Waals surface area (Å²) in [5, 5.41) is 1.58. The zero-order valence-electron chi connectivity index (χ0n) is 5.09. The lowest BCUT2D eigenvalue weighted by Gasteiger charge is -2.19. The summed E-state index contributed by atoms with van der Waals surface area (Å²) in [4.78, 5) is 0. The number of nitrogens with zero attached hydrogens (tertiary/aromatic N) is 1. The molecule has 0 aromatic rings. The third-order valence-electron chi connectivity index (χ3n) is 0.811. The Hall–Kier alpha value is -0.350. The van der Waals surface area contributed by atoms with E-state index >= 15 is 0 Å². The Bertz CT molecular complexity index is 91.3. The van der Waals surface area contributed by atoms with Gasteiger partial charge in [0.2, 0.25) is 0 Å². The van der Waals surface area contributed by atoms with Gasteiger partial charge in [-0.2, -0.15) is 0 Å². The predicted octanol–water partition coefficient (Wildman–Crippen LogP) is -0.186. The summed E-state index contributed by atoms with van der Waals surface area (Å²) in [6.45, 7) is 3.83. The first kappa shape index (κ1) is 7.65. The molecule has 8 heavy (non-hydrogen) atoms. The molecule has 0 aliphatic heterocycles. The monoisotopic (exact) mass is 133 g/mol. The summed E-state index contributed by atoms with van der Waals surface area (Å²) in [7, 11) is 0. The van der Waals surface area contributed by atoms with Crippen LogP contribution in [0.15, 0.2) is 0 Å². The Labute approximate surface area is 54.6 Å². The molecule has 0 atom stereocenters. The van der Waals surface area contributed by atoms with Gasteiger partial charge in [-0.3, -0.25) is 5.01 Å². The van der Waals surface area contributed by atoms with Gasteiger partial charge < -0.3 is 5.73 Å². The second-order valence-electron chi connectivity index (χ2n) is 1.84. The van der Waals surface area contributed by atoms with Crippen molar-refractivity contribution in [3.63, 3.8) is 0 Å². The molecule has 4 N–H and O–H groups in total. The fourth-order valence-corrected chi connectivity index (χ4v) is 0.465. The van der Waals surface area contributed by atoms with Gasteiger partial charge in [0.25, 0.3) is 0 Å². The maximum Gasteiger partial charge on any atom is 0.180 e. The molecule has 0 aliphatic carbocycles. The molecule has 0 unspecified atom stereocenters. The smallest absolute Gasteiger partial charge is 0.180 e. The minimum Gasteiger partial charge on any atom is -0.375 e. The summed E-state index contributed by atoms with van der Waals surface area (Å²) in [5.74, 6) is 5.33. The highest BCUT2D eigenvalue weighted by Gasteiger charge is 2.02. The highest BCUT2D eigenvalue weighted by molar-refractivity contribution is 7.80. The minimum absolute atomic E-state index is 0.188. The Kier molecular flexibility index (Phi) is 2.71. The van der Waals surface area contributed by atoms with Crippen LogP contribution in [0.5, 0.6) is 0 Å². The van der Waals surface area contributed by atoms with Gasteiger partial charge in [0.05, 0.1) is 0 Å². The van der Waals surface area contributed by atoms with Crippen LogP contribution in [0.4, 0.5) is 0 Å². The zero-order chi connectivity index (χ0) is 6.73. The van der Waals surface area contributed by atoms with Crippen molar-refractivity contribution in [2.24, 2.45) is 11.6 Å². The molecule has 4 heteroatoms. The molecular formula is C4H11N3S. The molecule has 48 valence electrons. The van der Waals surface area contributed by atoms with Crippen LogP contribution in [-0.2, 0) is 0 Å². The Morgan fingerprint density at radius 3 is 2.00 bits per heavy atom. The molecule has 0 saturated carbocycles. The van der Waals surface area contributed by atoms with Crippen molar-refractivity contribution in [2.75, 3.05) is 0 Å². The molecule has 0 aromatic carbocycles. The van der Waals surface area contributed by atoms with Crippen LogP contribution in [0, 0.1) is 0 Å². The molecule has 0 aliphatic rings. The van der Waals surface area contributed by atoms with E-state index in [2.05, 4.69) is 12.2 Å². The van der Waals surface area contributed by atoms with Gasteiger partial charge in [0, 0.05) is 6.04 Å². The highest BCUT2D eigenvalue weighted by Crippen LogP contribution is 1.87. The molecule has 0 radical (unpaired) electrons. The second kappa shape index (κ2) is 2.84. The fraction of sp³-hybridized carbons (Fsp3) is 0.750. The first-order valence-electron chi connectivity index (χ1n) is 2.39. The van der Waals surface area contributed by atoms with Crippen LogP contribution in [-0.4, -0.2) is 16.2 Å². The number of nitrogens with two attached hydrogens (primary N) is 2. The summed E-state index contributed by atoms with van der Waals surface area (Å²) < 4.78 is 0. The van der Waals surface area contributed by atoms with Gasteiger partial charge in [-0.1, -0.05) is 0 Å². The zero-order valence-corrected chi connectivity index (χ0v) is 5.90. The SMILES string of the molecule is CC(C)N(N)C(N)=S. The summed E-state index contributed by atoms with van der Waals surface area (Å²) in [5.41, 5.74) is 5.17. The van der Waals surface area contributed by atoms with Gasteiger partial charge in [-0.25, -0.2) is 5.84 Å². The lowest BCUT2D eigenvalue weighted by atomic mass is 10.4. The number of hydrazine groups is 1. The number of thiocarbonyl (C=S) groups is 1. The van der Waals surface area contributed by atoms with Gasteiger partial charge in [0.1, 0.15) is 0 Å². The first-order valence-corrected chi connectivity index (χ1v) is 2.80. The average Bonchev–Trinajstić information content (AvgIpc) is 1.64. The van der Waals surface area contributed by atoms with Crippen molar-refractivity contribution in [1.29, 1.82) is 0 Å². The van der Waals surface area contributed by atoms with Crippen molar-refractivity contribution in [1.82, 2.24) is 5.01 Å². The van der Waals surface area contributed by atoms with E-state index in [1.54, 1.807) is 0 Å². The van der Waals surface area contributed by atoms with Crippen LogP contribution >= 0.6 is 12.2 Å². The molecule has 0 rings (SSSR count). The number of rotatable bonds is 1. The van der Waals surface area contributed by atoms with E-state index in [0.717, 1.165) is 0 Å². The van der Waals surface area contributed by atoms with E-state index in [1.165, 1.54) is 5.01 Å². The van der Waals surface area contributed by atoms with Crippen molar-refractivity contribution in [3.8, 4) is 0 Å². The molecule has 0 aromatic heterocycles. The van der Waals surface area contributed by atoms with Crippen LogP contribution in [0.1, 0.15) is 13.8 Å². The van der Waals surface area contributed by atoms with Gasteiger partial charge >= 0.3 is 0 Å². The Balaban J connectivity index is 3.64.